The fourth-order valence-electron chi connectivity index (χ4n) is 0.627. The minimum atomic E-state index is -1.26. The molecule has 0 aliphatic rings. The molecule has 3 heteroatoms. The molecule has 0 heterocycles. The zero-order valence-corrected chi connectivity index (χ0v) is 9.42. The summed E-state index contributed by atoms with van der Waals surface area (Å²) in [7, 11) is 0. The molecule has 2 nitrogen and oxygen atoms in total. The molecule has 0 N–H and O–H groups in total. The molecule has 0 aromatic carbocycles. The fourth-order valence-corrected chi connectivity index (χ4v) is 1.63. The molecule has 0 aliphatic heterocycles. The van der Waals surface area contributed by atoms with E-state index >= 15 is 0 Å². The van der Waals surface area contributed by atoms with Crippen LogP contribution in [0.25, 0.3) is 0 Å². The van der Waals surface area contributed by atoms with Crippen LogP contribution in [-0.4, -0.2) is 21.0 Å². The molecule has 0 unspecified atom stereocenters. The van der Waals surface area contributed by atoms with Crippen molar-refractivity contribution in [3.63, 3.8) is 0 Å². The Morgan fingerprint density at radius 1 is 1.55 bits per heavy atom. The molecule has 0 radical (unpaired) electrons. The Morgan fingerprint density at radius 3 is 2.45 bits per heavy atom. The van der Waals surface area contributed by atoms with Gasteiger partial charge in [0.25, 0.3) is 0 Å². The Kier molecular flexibility index (Phi) is 5.31. The second kappa shape index (κ2) is 5.42. The summed E-state index contributed by atoms with van der Waals surface area (Å²) in [5, 5.41) is 0. The SMILES string of the molecule is CCC=C(C)C(=O)O[As](C)C. The molecular weight excluding hydrogens is 203 g/mol. The first kappa shape index (κ1) is 10.8. The normalized spacial score (nSPS) is 11.9. The van der Waals surface area contributed by atoms with Crippen LogP contribution in [0, 0.1) is 0 Å². The number of hydrogen-bond donors (Lipinski definition) is 0. The van der Waals surface area contributed by atoms with Crippen LogP contribution in [0.4, 0.5) is 0 Å². The van der Waals surface area contributed by atoms with Crippen LogP contribution in [0.3, 0.4) is 0 Å². The van der Waals surface area contributed by atoms with Crippen LogP contribution in [0.15, 0.2) is 11.6 Å². The summed E-state index contributed by atoms with van der Waals surface area (Å²) in [6.07, 6.45) is 2.78. The van der Waals surface area contributed by atoms with Gasteiger partial charge in [0.15, 0.2) is 0 Å². The van der Waals surface area contributed by atoms with Crippen LogP contribution < -0.4 is 0 Å². The van der Waals surface area contributed by atoms with Gasteiger partial charge in [0.05, 0.1) is 0 Å². The second-order valence-electron chi connectivity index (χ2n) is 2.49. The van der Waals surface area contributed by atoms with E-state index in [2.05, 4.69) is 0 Å². The maximum atomic E-state index is 11.1. The van der Waals surface area contributed by atoms with Crippen LogP contribution in [0.2, 0.25) is 11.4 Å². The van der Waals surface area contributed by atoms with Crippen molar-refractivity contribution in [1.82, 2.24) is 0 Å². The summed E-state index contributed by atoms with van der Waals surface area (Å²) in [4.78, 5) is 11.1. The molecule has 0 saturated heterocycles. The van der Waals surface area contributed by atoms with Crippen molar-refractivity contribution >= 4 is 21.0 Å². The average molecular weight is 218 g/mol. The zero-order chi connectivity index (χ0) is 8.85. The topological polar surface area (TPSA) is 26.3 Å². The molecule has 0 atom stereocenters. The van der Waals surface area contributed by atoms with E-state index in [1.165, 1.54) is 0 Å². The van der Waals surface area contributed by atoms with Crippen molar-refractivity contribution in [3.05, 3.63) is 11.6 Å². The van der Waals surface area contributed by atoms with Crippen molar-refractivity contribution in [3.8, 4) is 0 Å². The number of carbonyl (C=O) groups excluding carboxylic acids is 1. The number of hydrogen-bond acceptors (Lipinski definition) is 2. The van der Waals surface area contributed by atoms with E-state index in [9.17, 15) is 4.79 Å². The van der Waals surface area contributed by atoms with Crippen molar-refractivity contribution in [2.75, 3.05) is 0 Å². The summed E-state index contributed by atoms with van der Waals surface area (Å²) in [6.45, 7) is 3.80. The molecule has 0 bridgehead atoms. The Morgan fingerprint density at radius 2 is 2.09 bits per heavy atom. The van der Waals surface area contributed by atoms with Crippen LogP contribution >= 0.6 is 0 Å². The standard InChI is InChI=1S/C8H15AsO2/c1-5-6-7(2)8(10)11-9(3)4/h6H,5H2,1-4H3. The van der Waals surface area contributed by atoms with Gasteiger partial charge in [-0.05, 0) is 0 Å². The summed E-state index contributed by atoms with van der Waals surface area (Å²) >= 11 is -1.26. The van der Waals surface area contributed by atoms with Gasteiger partial charge in [-0.25, -0.2) is 0 Å². The van der Waals surface area contributed by atoms with Crippen LogP contribution in [-0.2, 0) is 8.52 Å². The van der Waals surface area contributed by atoms with Gasteiger partial charge in [0.2, 0.25) is 0 Å². The third-order valence-electron chi connectivity index (χ3n) is 1.10. The average Bonchev–Trinajstić information content (AvgIpc) is 1.86. The van der Waals surface area contributed by atoms with Gasteiger partial charge in [-0.15, -0.1) is 0 Å². The second-order valence-corrected chi connectivity index (χ2v) is 6.28. The molecular formula is C8H15AsO2. The van der Waals surface area contributed by atoms with Gasteiger partial charge in [-0.3, -0.25) is 0 Å². The Bertz CT molecular complexity index is 161. The van der Waals surface area contributed by atoms with Crippen LogP contribution in [0.1, 0.15) is 20.3 Å². The summed E-state index contributed by atoms with van der Waals surface area (Å²) in [5.41, 5.74) is 4.71. The Labute approximate surface area is 73.2 Å². The van der Waals surface area contributed by atoms with Gasteiger partial charge in [0, 0.05) is 0 Å². The minimum absolute atomic E-state index is 0.142. The van der Waals surface area contributed by atoms with Crippen LogP contribution in [0.5, 0.6) is 0 Å². The van der Waals surface area contributed by atoms with E-state index in [0.29, 0.717) is 0 Å². The summed E-state index contributed by atoms with van der Waals surface area (Å²) in [5.74, 6) is -0.142. The monoisotopic (exact) mass is 218 g/mol. The third-order valence-corrected chi connectivity index (χ3v) is 2.21. The van der Waals surface area contributed by atoms with Crippen molar-refractivity contribution in [2.45, 2.75) is 31.7 Å². The Balaban J connectivity index is 3.93. The first-order valence-electron chi connectivity index (χ1n) is 3.64. The van der Waals surface area contributed by atoms with Gasteiger partial charge in [-0.1, -0.05) is 0 Å². The fraction of sp³-hybridized carbons (Fsp3) is 0.625. The number of rotatable bonds is 3. The molecule has 0 aromatic heterocycles. The molecule has 0 rings (SSSR count). The molecule has 0 amide bonds. The van der Waals surface area contributed by atoms with E-state index in [1.807, 2.05) is 24.4 Å². The van der Waals surface area contributed by atoms with E-state index < -0.39 is 15.0 Å². The van der Waals surface area contributed by atoms with Gasteiger partial charge >= 0.3 is 72.8 Å². The quantitative estimate of drug-likeness (QED) is 0.535. The van der Waals surface area contributed by atoms with E-state index in [-0.39, 0.29) is 5.97 Å². The number of allylic oxidation sites excluding steroid dienone is 1. The van der Waals surface area contributed by atoms with Gasteiger partial charge < -0.3 is 0 Å². The zero-order valence-electron chi connectivity index (χ0n) is 7.55. The predicted octanol–water partition coefficient (Wildman–Crippen LogP) is 2.14. The Hall–Kier alpha value is -0.232. The maximum absolute atomic E-state index is 11.1. The number of carbonyl (C=O) groups is 1. The van der Waals surface area contributed by atoms with Gasteiger partial charge in [-0.2, -0.15) is 0 Å². The molecule has 64 valence electrons. The molecule has 0 aliphatic carbocycles. The third kappa shape index (κ3) is 5.08. The molecule has 0 saturated carbocycles. The predicted molar refractivity (Wildman–Crippen MR) is 47.6 cm³/mol. The van der Waals surface area contributed by atoms with Crippen molar-refractivity contribution in [1.29, 1.82) is 0 Å². The van der Waals surface area contributed by atoms with Gasteiger partial charge in [0.1, 0.15) is 0 Å². The first-order chi connectivity index (χ1) is 5.07. The summed E-state index contributed by atoms with van der Waals surface area (Å²) in [6, 6.07) is 0. The van der Waals surface area contributed by atoms with Crippen molar-refractivity contribution < 1.29 is 8.52 Å². The summed E-state index contributed by atoms with van der Waals surface area (Å²) < 4.78 is 5.10. The molecule has 11 heavy (non-hydrogen) atoms. The molecule has 0 spiro atoms. The van der Waals surface area contributed by atoms with E-state index in [1.54, 1.807) is 6.92 Å². The molecule has 0 fully saturated rings. The molecule has 0 aromatic rings. The van der Waals surface area contributed by atoms with Crippen molar-refractivity contribution in [2.24, 2.45) is 0 Å². The first-order valence-corrected chi connectivity index (χ1v) is 8.16. The van der Waals surface area contributed by atoms with E-state index in [4.69, 9.17) is 3.73 Å². The van der Waals surface area contributed by atoms with E-state index in [0.717, 1.165) is 12.0 Å².